The van der Waals surface area contributed by atoms with Crippen molar-refractivity contribution in [1.29, 1.82) is 0 Å². The van der Waals surface area contributed by atoms with Crippen molar-refractivity contribution in [3.8, 4) is 5.75 Å². The van der Waals surface area contributed by atoms with Crippen LogP contribution in [0.5, 0.6) is 5.75 Å². The Hall–Kier alpha value is -2.58. The van der Waals surface area contributed by atoms with Gasteiger partial charge in [0.05, 0.1) is 10.9 Å². The lowest BCUT2D eigenvalue weighted by atomic mass is 9.73. The number of ether oxygens (including phenoxy) is 1. The monoisotopic (exact) mass is 404 g/mol. The first-order valence-corrected chi connectivity index (χ1v) is 10.3. The second kappa shape index (κ2) is 7.10. The maximum atomic E-state index is 12.5. The second-order valence-electron chi connectivity index (χ2n) is 7.79. The first kappa shape index (κ1) is 20.2. The van der Waals surface area contributed by atoms with Gasteiger partial charge >= 0.3 is 6.16 Å². The summed E-state index contributed by atoms with van der Waals surface area (Å²) in [7, 11) is -0.496. The second-order valence-corrected chi connectivity index (χ2v) is 9.94. The number of carbonyl (C=O) groups is 1. The van der Waals surface area contributed by atoms with E-state index in [9.17, 15) is 13.2 Å². The molecule has 7 nitrogen and oxygen atoms in total. The highest BCUT2D eigenvalue weighted by Crippen LogP contribution is 2.45. The minimum absolute atomic E-state index is 0.108. The molecule has 3 rings (SSSR count). The molecule has 0 saturated carbocycles. The average Bonchev–Trinajstić information content (AvgIpc) is 2.59. The Morgan fingerprint density at radius 2 is 1.93 bits per heavy atom. The van der Waals surface area contributed by atoms with Gasteiger partial charge < -0.3 is 15.2 Å². The van der Waals surface area contributed by atoms with E-state index in [-0.39, 0.29) is 22.1 Å². The largest absolute Gasteiger partial charge is 0.511 e. The van der Waals surface area contributed by atoms with Gasteiger partial charge in [-0.1, -0.05) is 26.0 Å². The molecule has 1 atom stereocenters. The van der Waals surface area contributed by atoms with Crippen LogP contribution < -0.4 is 10.1 Å². The molecule has 0 fully saturated rings. The highest BCUT2D eigenvalue weighted by Gasteiger charge is 2.36. The van der Waals surface area contributed by atoms with Gasteiger partial charge in [0.2, 0.25) is 10.0 Å². The van der Waals surface area contributed by atoms with E-state index in [4.69, 9.17) is 9.84 Å². The van der Waals surface area contributed by atoms with Gasteiger partial charge in [-0.05, 0) is 53.3 Å². The van der Waals surface area contributed by atoms with Crippen LogP contribution >= 0.6 is 0 Å². The predicted molar refractivity (Wildman–Crippen MR) is 106 cm³/mol. The summed E-state index contributed by atoms with van der Waals surface area (Å²) < 4.78 is 30.9. The Balaban J connectivity index is 1.98. The number of benzene rings is 2. The molecular weight excluding hydrogens is 380 g/mol. The topological polar surface area (TPSA) is 95.9 Å². The fourth-order valence-corrected chi connectivity index (χ4v) is 4.52. The number of hydrogen-bond donors (Lipinski definition) is 2. The standard InChI is InChI=1S/C20H24N2O5S/c1-20(2)12-14-10-15(27-19(23)24)8-9-17(14)21-18(20)13-6-5-7-16(11-13)28(25,26)22(3)4/h5-11,18,21H,12H2,1-4H3,(H,23,24). The maximum Gasteiger partial charge on any atom is 0.511 e. The van der Waals surface area contributed by atoms with E-state index < -0.39 is 16.2 Å². The smallest absolute Gasteiger partial charge is 0.449 e. The third-order valence-electron chi connectivity index (χ3n) is 4.98. The van der Waals surface area contributed by atoms with E-state index in [0.717, 1.165) is 16.8 Å². The van der Waals surface area contributed by atoms with Crippen molar-refractivity contribution in [1.82, 2.24) is 4.31 Å². The summed E-state index contributed by atoms with van der Waals surface area (Å²) in [6, 6.07) is 12.0. The van der Waals surface area contributed by atoms with Crippen molar-refractivity contribution in [2.45, 2.75) is 31.2 Å². The lowest BCUT2D eigenvalue weighted by molar-refractivity contribution is 0.144. The van der Waals surface area contributed by atoms with Gasteiger partial charge in [0.1, 0.15) is 5.75 Å². The molecule has 0 saturated heterocycles. The summed E-state index contributed by atoms with van der Waals surface area (Å²) in [5.41, 5.74) is 2.47. The van der Waals surface area contributed by atoms with Crippen molar-refractivity contribution in [3.63, 3.8) is 0 Å². The number of hydrogen-bond acceptors (Lipinski definition) is 5. The molecule has 2 aromatic carbocycles. The normalized spacial score (nSPS) is 18.2. The number of nitrogens with one attached hydrogen (secondary N) is 1. The van der Waals surface area contributed by atoms with E-state index in [1.165, 1.54) is 18.4 Å². The molecule has 0 bridgehead atoms. The Morgan fingerprint density at radius 1 is 1.21 bits per heavy atom. The van der Waals surface area contributed by atoms with Gasteiger partial charge in [-0.2, -0.15) is 0 Å². The van der Waals surface area contributed by atoms with E-state index in [0.29, 0.717) is 6.42 Å². The van der Waals surface area contributed by atoms with Crippen molar-refractivity contribution < 1.29 is 23.1 Å². The zero-order chi connectivity index (χ0) is 20.7. The molecule has 28 heavy (non-hydrogen) atoms. The summed E-state index contributed by atoms with van der Waals surface area (Å²) in [6.45, 7) is 4.18. The van der Waals surface area contributed by atoms with Crippen LogP contribution in [0.25, 0.3) is 0 Å². The van der Waals surface area contributed by atoms with Crippen LogP contribution in [-0.2, 0) is 16.4 Å². The average molecular weight is 404 g/mol. The number of sulfonamides is 1. The highest BCUT2D eigenvalue weighted by molar-refractivity contribution is 7.89. The Morgan fingerprint density at radius 3 is 2.57 bits per heavy atom. The van der Waals surface area contributed by atoms with Gasteiger partial charge in [0.25, 0.3) is 0 Å². The molecule has 1 aliphatic heterocycles. The Bertz CT molecular complexity index is 1020. The van der Waals surface area contributed by atoms with Crippen molar-refractivity contribution >= 4 is 21.9 Å². The molecule has 1 heterocycles. The minimum atomic E-state index is -3.52. The van der Waals surface area contributed by atoms with Crippen molar-refractivity contribution in [2.75, 3.05) is 19.4 Å². The van der Waals surface area contributed by atoms with Crippen molar-refractivity contribution in [3.05, 3.63) is 53.6 Å². The van der Waals surface area contributed by atoms with Crippen LogP contribution in [0, 0.1) is 5.41 Å². The Kier molecular flexibility index (Phi) is 5.12. The lowest BCUT2D eigenvalue weighted by Gasteiger charge is -2.41. The first-order valence-electron chi connectivity index (χ1n) is 8.83. The minimum Gasteiger partial charge on any atom is -0.449 e. The lowest BCUT2D eigenvalue weighted by Crippen LogP contribution is -2.35. The van der Waals surface area contributed by atoms with Crippen LogP contribution in [0.3, 0.4) is 0 Å². The summed E-state index contributed by atoms with van der Waals surface area (Å²) in [5.74, 6) is 0.279. The van der Waals surface area contributed by atoms with E-state index >= 15 is 0 Å². The SMILES string of the molecule is CN(C)S(=O)(=O)c1cccc(C2Nc3ccc(OC(=O)O)cc3CC2(C)C)c1. The molecule has 0 spiro atoms. The third-order valence-corrected chi connectivity index (χ3v) is 6.79. The number of rotatable bonds is 4. The number of fused-ring (bicyclic) bond motifs is 1. The molecule has 2 N–H and O–H groups in total. The Labute approximate surface area is 165 Å². The summed E-state index contributed by atoms with van der Waals surface area (Å²) >= 11 is 0. The molecule has 0 aliphatic carbocycles. The highest BCUT2D eigenvalue weighted by atomic mass is 32.2. The van der Waals surface area contributed by atoms with Crippen LogP contribution in [0.2, 0.25) is 0 Å². The fourth-order valence-electron chi connectivity index (χ4n) is 3.57. The predicted octanol–water partition coefficient (Wildman–Crippen LogP) is 3.73. The zero-order valence-corrected chi connectivity index (χ0v) is 17.1. The van der Waals surface area contributed by atoms with Gasteiger partial charge in [-0.25, -0.2) is 17.5 Å². The molecule has 0 aromatic heterocycles. The molecule has 150 valence electrons. The third kappa shape index (κ3) is 3.83. The van der Waals surface area contributed by atoms with Gasteiger partial charge in [-0.3, -0.25) is 0 Å². The summed E-state index contributed by atoms with van der Waals surface area (Å²) in [5, 5.41) is 12.3. The summed E-state index contributed by atoms with van der Waals surface area (Å²) in [6.07, 6.45) is -0.665. The van der Waals surface area contributed by atoms with Gasteiger partial charge in [0.15, 0.2) is 0 Å². The number of nitrogens with zero attached hydrogens (tertiary/aromatic N) is 1. The molecular formula is C20H24N2O5S. The molecule has 8 heteroatoms. The van der Waals surface area contributed by atoms with E-state index in [1.807, 2.05) is 6.07 Å². The number of carboxylic acid groups (broad SMARTS) is 1. The molecule has 1 unspecified atom stereocenters. The molecule has 0 radical (unpaired) electrons. The van der Waals surface area contributed by atoms with Crippen LogP contribution in [0.4, 0.5) is 10.5 Å². The number of anilines is 1. The maximum absolute atomic E-state index is 12.5. The quantitative estimate of drug-likeness (QED) is 0.595. The zero-order valence-electron chi connectivity index (χ0n) is 16.3. The fraction of sp³-hybridized carbons (Fsp3) is 0.350. The van der Waals surface area contributed by atoms with Gasteiger partial charge in [-0.15, -0.1) is 0 Å². The van der Waals surface area contributed by atoms with Crippen molar-refractivity contribution in [2.24, 2.45) is 5.41 Å². The van der Waals surface area contributed by atoms with Gasteiger partial charge in [0, 0.05) is 19.8 Å². The molecule has 0 amide bonds. The van der Waals surface area contributed by atoms with E-state index in [2.05, 4.69) is 19.2 Å². The van der Waals surface area contributed by atoms with E-state index in [1.54, 1.807) is 36.4 Å². The summed E-state index contributed by atoms with van der Waals surface area (Å²) in [4.78, 5) is 11.0. The van der Waals surface area contributed by atoms with Crippen LogP contribution in [0.1, 0.15) is 31.0 Å². The first-order chi connectivity index (χ1) is 13.0. The molecule has 1 aliphatic rings. The molecule has 2 aromatic rings. The van der Waals surface area contributed by atoms with Crippen LogP contribution in [0.15, 0.2) is 47.4 Å². The van der Waals surface area contributed by atoms with Crippen LogP contribution in [-0.4, -0.2) is 38.1 Å².